The van der Waals surface area contributed by atoms with Crippen LogP contribution in [0, 0.1) is 10.1 Å². The molecule has 158 valence electrons. The van der Waals surface area contributed by atoms with Crippen LogP contribution >= 0.6 is 19.6 Å². The van der Waals surface area contributed by atoms with Crippen LogP contribution in [0.1, 0.15) is 37.8 Å². The second-order valence-electron chi connectivity index (χ2n) is 6.28. The molecular weight excluding hydrogens is 434 g/mol. The molecule has 11 heteroatoms. The van der Waals surface area contributed by atoms with Gasteiger partial charge in [-0.2, -0.15) is 13.2 Å². The Hall–Kier alpha value is -2.09. The minimum absolute atomic E-state index is 0.0718. The zero-order chi connectivity index (χ0) is 21.9. The number of rotatable bonds is 7. The van der Waals surface area contributed by atoms with Gasteiger partial charge < -0.3 is 9.26 Å². The van der Waals surface area contributed by atoms with E-state index in [1.807, 2.05) is 0 Å². The van der Waals surface area contributed by atoms with Gasteiger partial charge in [0.1, 0.15) is 16.8 Å². The predicted molar refractivity (Wildman–Crippen MR) is 104 cm³/mol. The predicted octanol–water partition coefficient (Wildman–Crippen LogP) is 6.32. The summed E-state index contributed by atoms with van der Waals surface area (Å²) in [5.74, 6) is -0.210. The van der Waals surface area contributed by atoms with Crippen molar-refractivity contribution in [3.05, 3.63) is 56.6 Å². The Labute approximate surface area is 170 Å². The lowest BCUT2D eigenvalue weighted by Crippen LogP contribution is -2.10. The molecule has 0 aliphatic rings. The van der Waals surface area contributed by atoms with Crippen LogP contribution in [-0.2, 0) is 15.3 Å². The van der Waals surface area contributed by atoms with Gasteiger partial charge in [-0.05, 0) is 31.0 Å². The summed E-state index contributed by atoms with van der Waals surface area (Å²) in [4.78, 5) is 10.8. The van der Waals surface area contributed by atoms with Crippen LogP contribution in [0.4, 0.5) is 18.9 Å². The average Bonchev–Trinajstić information content (AvgIpc) is 2.61. The van der Waals surface area contributed by atoms with Gasteiger partial charge in [0, 0.05) is 17.7 Å². The van der Waals surface area contributed by atoms with Crippen molar-refractivity contribution >= 4 is 30.6 Å². The van der Waals surface area contributed by atoms with Crippen LogP contribution in [-0.4, -0.2) is 11.5 Å². The largest absolute Gasteiger partial charge is 0.455 e. The van der Waals surface area contributed by atoms with Crippen molar-refractivity contribution in [1.29, 1.82) is 0 Å². The zero-order valence-corrected chi connectivity index (χ0v) is 17.4. The maximum absolute atomic E-state index is 12.8. The number of nitro benzene ring substituents is 1. The molecule has 2 aromatic carbocycles. The Kier molecular flexibility index (Phi) is 7.32. The molecule has 0 aliphatic carbocycles. The average molecular weight is 452 g/mol. The third-order valence-corrected chi connectivity index (χ3v) is 5.61. The van der Waals surface area contributed by atoms with Gasteiger partial charge in [0.15, 0.2) is 0 Å². The zero-order valence-electron chi connectivity index (χ0n) is 15.7. The highest BCUT2D eigenvalue weighted by molar-refractivity contribution is 7.48. The Morgan fingerprint density at radius 2 is 1.86 bits per heavy atom. The van der Waals surface area contributed by atoms with E-state index in [9.17, 15) is 27.9 Å². The molecule has 0 aromatic heterocycles. The number of hydrogen-bond acceptors (Lipinski definition) is 5. The SMILES string of the molecule is CCO[PH](=O)c1cc(Oc2ccc(C(F)(F)F)cc2Cl)c(C(C)C)cc1[N+](=O)[O-]. The van der Waals surface area contributed by atoms with Crippen molar-refractivity contribution in [3.63, 3.8) is 0 Å². The Balaban J connectivity index is 2.58. The normalized spacial score (nSPS) is 12.8. The second-order valence-corrected chi connectivity index (χ2v) is 8.09. The van der Waals surface area contributed by atoms with Gasteiger partial charge in [-0.3, -0.25) is 14.7 Å². The van der Waals surface area contributed by atoms with Gasteiger partial charge in [0.05, 0.1) is 22.1 Å². The van der Waals surface area contributed by atoms with Crippen LogP contribution in [0.25, 0.3) is 0 Å². The van der Waals surface area contributed by atoms with E-state index in [2.05, 4.69) is 0 Å². The van der Waals surface area contributed by atoms with Gasteiger partial charge >= 0.3 is 6.18 Å². The van der Waals surface area contributed by atoms with Crippen molar-refractivity contribution in [3.8, 4) is 11.5 Å². The Morgan fingerprint density at radius 1 is 1.21 bits per heavy atom. The van der Waals surface area contributed by atoms with E-state index in [0.29, 0.717) is 5.56 Å². The van der Waals surface area contributed by atoms with E-state index in [-0.39, 0.29) is 40.0 Å². The van der Waals surface area contributed by atoms with Crippen molar-refractivity contribution in [1.82, 2.24) is 0 Å². The standard InChI is InChI=1S/C18H18ClF3NO5P/c1-4-27-29(26)17-9-16(12(10(2)3)8-14(17)23(24)25)28-15-6-5-11(7-13(15)19)18(20,21)22/h5-10,29H,4H2,1-3H3. The van der Waals surface area contributed by atoms with Crippen molar-refractivity contribution in [2.24, 2.45) is 0 Å². The molecule has 2 aromatic rings. The van der Waals surface area contributed by atoms with E-state index in [4.69, 9.17) is 20.9 Å². The fourth-order valence-corrected chi connectivity index (χ4v) is 3.78. The number of benzene rings is 2. The third kappa shape index (κ3) is 5.50. The Morgan fingerprint density at radius 3 is 2.34 bits per heavy atom. The van der Waals surface area contributed by atoms with Gasteiger partial charge in [-0.25, -0.2) is 0 Å². The number of nitro groups is 1. The highest BCUT2D eigenvalue weighted by Crippen LogP contribution is 2.40. The molecule has 0 heterocycles. The van der Waals surface area contributed by atoms with E-state index in [0.717, 1.165) is 18.2 Å². The molecule has 1 atom stereocenters. The number of alkyl halides is 3. The molecule has 0 saturated heterocycles. The fraction of sp³-hybridized carbons (Fsp3) is 0.333. The van der Waals surface area contributed by atoms with E-state index >= 15 is 0 Å². The maximum Gasteiger partial charge on any atom is 0.416 e. The molecule has 6 nitrogen and oxygen atoms in total. The lowest BCUT2D eigenvalue weighted by atomic mass is 10.0. The van der Waals surface area contributed by atoms with Crippen LogP contribution < -0.4 is 10.0 Å². The summed E-state index contributed by atoms with van der Waals surface area (Å²) in [7, 11) is -2.94. The third-order valence-electron chi connectivity index (χ3n) is 3.92. The van der Waals surface area contributed by atoms with Crippen LogP contribution in [0.15, 0.2) is 30.3 Å². The smallest absolute Gasteiger partial charge is 0.416 e. The van der Waals surface area contributed by atoms with Crippen LogP contribution in [0.5, 0.6) is 11.5 Å². The van der Waals surface area contributed by atoms with Gasteiger partial charge in [-0.1, -0.05) is 25.4 Å². The molecular formula is C18H18ClF3NO5P. The molecule has 2 rings (SSSR count). The molecule has 0 spiro atoms. The summed E-state index contributed by atoms with van der Waals surface area (Å²) < 4.78 is 61.5. The first-order chi connectivity index (χ1) is 13.5. The maximum atomic E-state index is 12.8. The summed E-state index contributed by atoms with van der Waals surface area (Å²) >= 11 is 5.94. The van der Waals surface area contributed by atoms with E-state index in [1.165, 1.54) is 12.1 Å². The van der Waals surface area contributed by atoms with Crippen molar-refractivity contribution < 1.29 is 31.9 Å². The first kappa shape index (κ1) is 23.2. The first-order valence-corrected chi connectivity index (χ1v) is 10.2. The minimum atomic E-state index is -4.57. The Bertz CT molecular complexity index is 950. The van der Waals surface area contributed by atoms with Gasteiger partial charge in [0.25, 0.3) is 5.69 Å². The van der Waals surface area contributed by atoms with E-state index in [1.54, 1.807) is 20.8 Å². The summed E-state index contributed by atoms with van der Waals surface area (Å²) in [6, 6.07) is 5.04. The number of hydrogen-bond donors (Lipinski definition) is 0. The molecule has 0 fully saturated rings. The van der Waals surface area contributed by atoms with Gasteiger partial charge in [0.2, 0.25) is 8.03 Å². The summed E-state index contributed by atoms with van der Waals surface area (Å²) in [5.41, 5.74) is -0.913. The number of nitrogens with zero attached hydrogens (tertiary/aromatic N) is 1. The lowest BCUT2D eigenvalue weighted by Gasteiger charge is -2.17. The monoisotopic (exact) mass is 451 g/mol. The van der Waals surface area contributed by atoms with E-state index < -0.39 is 24.7 Å². The van der Waals surface area contributed by atoms with Crippen molar-refractivity contribution in [2.45, 2.75) is 32.9 Å². The molecule has 0 bridgehead atoms. The highest BCUT2D eigenvalue weighted by atomic mass is 35.5. The fourth-order valence-electron chi connectivity index (χ4n) is 2.53. The van der Waals surface area contributed by atoms with Gasteiger partial charge in [-0.15, -0.1) is 0 Å². The van der Waals surface area contributed by atoms with Crippen LogP contribution in [0.3, 0.4) is 0 Å². The molecule has 0 radical (unpaired) electrons. The van der Waals surface area contributed by atoms with Crippen molar-refractivity contribution in [2.75, 3.05) is 6.61 Å². The summed E-state index contributed by atoms with van der Waals surface area (Å²) in [6.07, 6.45) is -4.57. The molecule has 0 amide bonds. The number of ether oxygens (including phenoxy) is 1. The molecule has 0 aliphatic heterocycles. The summed E-state index contributed by atoms with van der Waals surface area (Å²) in [5, 5.41) is 11.0. The number of halogens is 4. The van der Waals surface area contributed by atoms with Crippen LogP contribution in [0.2, 0.25) is 5.02 Å². The minimum Gasteiger partial charge on any atom is -0.455 e. The molecule has 29 heavy (non-hydrogen) atoms. The summed E-state index contributed by atoms with van der Waals surface area (Å²) in [6.45, 7) is 5.19. The quantitative estimate of drug-likeness (QED) is 0.279. The topological polar surface area (TPSA) is 78.7 Å². The second kappa shape index (κ2) is 9.15. The highest BCUT2D eigenvalue weighted by Gasteiger charge is 2.31. The molecule has 0 saturated carbocycles. The molecule has 1 unspecified atom stereocenters. The first-order valence-electron chi connectivity index (χ1n) is 8.49. The molecule has 0 N–H and O–H groups in total. The lowest BCUT2D eigenvalue weighted by molar-refractivity contribution is -0.383.